The highest BCUT2D eigenvalue weighted by Crippen LogP contribution is 2.55. The number of imidazole rings is 2. The summed E-state index contributed by atoms with van der Waals surface area (Å²) in [5.74, 6) is -0.883. The molecule has 0 aliphatic carbocycles. The van der Waals surface area contributed by atoms with E-state index >= 15 is 0 Å². The zero-order valence-electron chi connectivity index (χ0n) is 23.7. The minimum absolute atomic E-state index is 0.0106. The molecule has 46 heavy (non-hydrogen) atoms. The molecule has 0 saturated carbocycles. The molecular formula is C22H28N10O12P2. The maximum Gasteiger partial charge on any atom is 0.472 e. The van der Waals surface area contributed by atoms with Gasteiger partial charge in [-0.25, -0.2) is 29.1 Å². The van der Waals surface area contributed by atoms with Gasteiger partial charge in [0.05, 0.1) is 32.0 Å². The van der Waals surface area contributed by atoms with Crippen LogP contribution in [0.5, 0.6) is 0 Å². The number of rotatable bonds is 3. The number of H-pyrrole nitrogens is 1. The fourth-order valence-corrected chi connectivity index (χ4v) is 7.82. The van der Waals surface area contributed by atoms with Gasteiger partial charge in [-0.2, -0.15) is 4.98 Å². The highest BCUT2D eigenvalue weighted by molar-refractivity contribution is 7.47. The molecule has 4 aromatic heterocycles. The van der Waals surface area contributed by atoms with Crippen LogP contribution in [-0.4, -0.2) is 97.7 Å². The topological polar surface area (TPSA) is 309 Å². The summed E-state index contributed by atoms with van der Waals surface area (Å²) < 4.78 is 62.9. The Morgan fingerprint density at radius 2 is 1.54 bits per heavy atom. The molecule has 0 radical (unpaired) electrons. The highest BCUT2D eigenvalue weighted by atomic mass is 31.2. The minimum atomic E-state index is -4.97. The summed E-state index contributed by atoms with van der Waals surface area (Å²) >= 11 is 0. The predicted octanol–water partition coefficient (Wildman–Crippen LogP) is -0.676. The number of aromatic amines is 1. The van der Waals surface area contributed by atoms with Gasteiger partial charge in [-0.3, -0.25) is 37.0 Å². The number of phosphoric ester groups is 2. The van der Waals surface area contributed by atoms with Crippen LogP contribution in [0, 0.1) is 5.92 Å². The van der Waals surface area contributed by atoms with Crippen molar-refractivity contribution in [2.24, 2.45) is 5.92 Å². The fraction of sp³-hybridized carbons (Fsp3) is 0.545. The fourth-order valence-electron chi connectivity index (χ4n) is 5.90. The van der Waals surface area contributed by atoms with Crippen LogP contribution in [0.15, 0.2) is 23.8 Å². The first kappa shape index (κ1) is 31.2. The van der Waals surface area contributed by atoms with E-state index in [4.69, 9.17) is 39.0 Å². The van der Waals surface area contributed by atoms with Crippen LogP contribution in [0.25, 0.3) is 22.3 Å². The molecule has 7 heterocycles. The Balaban J connectivity index is 1.22. The number of phosphoric acid groups is 2. The second-order valence-electron chi connectivity index (χ2n) is 10.7. The molecule has 4 aromatic rings. The van der Waals surface area contributed by atoms with Crippen molar-refractivity contribution in [3.8, 4) is 0 Å². The van der Waals surface area contributed by atoms with Gasteiger partial charge in [0, 0.05) is 5.92 Å². The molecular weight excluding hydrogens is 658 g/mol. The van der Waals surface area contributed by atoms with E-state index in [1.807, 2.05) is 0 Å². The predicted molar refractivity (Wildman–Crippen MR) is 151 cm³/mol. The van der Waals surface area contributed by atoms with E-state index < -0.39 is 83.3 Å². The van der Waals surface area contributed by atoms with Gasteiger partial charge >= 0.3 is 15.6 Å². The van der Waals surface area contributed by atoms with Crippen LogP contribution in [0.4, 0.5) is 11.8 Å². The van der Waals surface area contributed by atoms with E-state index in [0.29, 0.717) is 0 Å². The summed E-state index contributed by atoms with van der Waals surface area (Å²) in [6.45, 7) is 0.425. The number of aromatic nitrogens is 8. The van der Waals surface area contributed by atoms with Crippen LogP contribution in [0.2, 0.25) is 0 Å². The number of nitrogens with zero attached hydrogens (tertiary/aromatic N) is 7. The molecule has 3 aliphatic heterocycles. The van der Waals surface area contributed by atoms with Gasteiger partial charge in [-0.05, 0) is 6.42 Å². The van der Waals surface area contributed by atoms with E-state index in [1.165, 1.54) is 28.1 Å². The lowest BCUT2D eigenvalue weighted by Gasteiger charge is -2.26. The first-order valence-electron chi connectivity index (χ1n) is 13.8. The van der Waals surface area contributed by atoms with Crippen molar-refractivity contribution in [1.29, 1.82) is 0 Å². The number of nitrogens with one attached hydrogen (secondary N) is 1. The number of hydrogen-bond acceptors (Lipinski definition) is 17. The van der Waals surface area contributed by atoms with Gasteiger partial charge in [0.1, 0.15) is 36.3 Å². The first-order chi connectivity index (χ1) is 21.9. The smallest absolute Gasteiger partial charge is 0.386 e. The Morgan fingerprint density at radius 3 is 2.26 bits per heavy atom. The molecule has 4 unspecified atom stereocenters. The van der Waals surface area contributed by atoms with Gasteiger partial charge in [0.15, 0.2) is 35.1 Å². The monoisotopic (exact) mass is 686 g/mol. The van der Waals surface area contributed by atoms with Gasteiger partial charge in [-0.15, -0.1) is 0 Å². The maximum absolute atomic E-state index is 13.4. The third kappa shape index (κ3) is 5.40. The molecule has 2 bridgehead atoms. The average molecular weight is 686 g/mol. The number of nitrogens with two attached hydrogens (primary N) is 2. The normalized spacial score (nSPS) is 37.1. The number of hydrogen-bond donors (Lipinski definition) is 6. The van der Waals surface area contributed by atoms with E-state index in [-0.39, 0.29) is 40.5 Å². The second kappa shape index (κ2) is 11.4. The summed E-state index contributed by atoms with van der Waals surface area (Å²) in [5.41, 5.74) is 11.2. The summed E-state index contributed by atoms with van der Waals surface area (Å²) in [5, 5.41) is 11.2. The van der Waals surface area contributed by atoms with Crippen molar-refractivity contribution < 1.29 is 51.6 Å². The Bertz CT molecular complexity index is 1950. The van der Waals surface area contributed by atoms with Crippen LogP contribution >= 0.6 is 15.6 Å². The van der Waals surface area contributed by atoms with E-state index in [0.717, 1.165) is 0 Å². The van der Waals surface area contributed by atoms with E-state index in [9.17, 15) is 28.8 Å². The molecule has 22 nitrogen and oxygen atoms in total. The average Bonchev–Trinajstić information content (AvgIpc) is 3.75. The van der Waals surface area contributed by atoms with Crippen molar-refractivity contribution in [1.82, 2.24) is 39.0 Å². The standard InChI is InChI=1S/C22H28N10O12P2/c1-2-8-9-3-39-46(37,38)44-15-10(42-20(13(15)33)31-6-27-11-16(23)25-5-26-17(11)31)4-40-45(35,36)43-14(8)21(41-9)32-7-28-12-18(32)29-22(24)30-19(12)34/h5-10,13-15,20-21,33H,2-4H2,1H3,(H,35,36)(H,37,38)(H2,23,25,26)(H3,24,29,30,34)/t8?,9-,10-,13+,14+,15?,20-,21-/m1/s1. The van der Waals surface area contributed by atoms with Crippen molar-refractivity contribution in [2.75, 3.05) is 24.7 Å². The summed E-state index contributed by atoms with van der Waals surface area (Å²) in [4.78, 5) is 56.6. The molecule has 7 rings (SSSR count). The molecule has 8 N–H and O–H groups in total. The molecule has 24 heteroatoms. The molecule has 3 saturated heterocycles. The number of nitrogen functional groups attached to an aromatic ring is 2. The zero-order chi connectivity index (χ0) is 32.5. The second-order valence-corrected chi connectivity index (χ2v) is 13.5. The molecule has 0 spiro atoms. The van der Waals surface area contributed by atoms with Crippen LogP contribution in [0.1, 0.15) is 25.8 Å². The number of ether oxygens (including phenoxy) is 2. The van der Waals surface area contributed by atoms with Crippen LogP contribution < -0.4 is 17.0 Å². The van der Waals surface area contributed by atoms with Crippen molar-refractivity contribution in [3.63, 3.8) is 0 Å². The number of aliphatic hydroxyl groups is 1. The largest absolute Gasteiger partial charge is 0.472 e. The molecule has 3 fully saturated rings. The third-order valence-electron chi connectivity index (χ3n) is 7.98. The Hall–Kier alpha value is -3.40. The Labute approximate surface area is 256 Å². The lowest BCUT2D eigenvalue weighted by molar-refractivity contribution is -0.0671. The zero-order valence-corrected chi connectivity index (χ0v) is 25.5. The lowest BCUT2D eigenvalue weighted by Crippen LogP contribution is -2.36. The van der Waals surface area contributed by atoms with Crippen molar-refractivity contribution in [3.05, 3.63) is 29.3 Å². The molecule has 3 aliphatic rings. The van der Waals surface area contributed by atoms with Gasteiger partial charge in [0.25, 0.3) is 5.56 Å². The number of fused-ring (bicyclic) bond motifs is 5. The third-order valence-corrected chi connectivity index (χ3v) is 9.95. The summed E-state index contributed by atoms with van der Waals surface area (Å²) in [6, 6.07) is 0. The van der Waals surface area contributed by atoms with Gasteiger partial charge < -0.3 is 35.8 Å². The minimum Gasteiger partial charge on any atom is -0.386 e. The van der Waals surface area contributed by atoms with E-state index in [1.54, 1.807) is 6.92 Å². The molecule has 10 atom stereocenters. The highest BCUT2D eigenvalue weighted by Gasteiger charge is 2.53. The van der Waals surface area contributed by atoms with Crippen LogP contribution in [-0.2, 0) is 36.7 Å². The van der Waals surface area contributed by atoms with E-state index in [2.05, 4.69) is 29.9 Å². The Kier molecular flexibility index (Phi) is 7.73. The van der Waals surface area contributed by atoms with Crippen LogP contribution in [0.3, 0.4) is 0 Å². The molecule has 0 amide bonds. The first-order valence-corrected chi connectivity index (χ1v) is 16.8. The Morgan fingerprint density at radius 1 is 0.913 bits per heavy atom. The number of anilines is 2. The lowest BCUT2D eigenvalue weighted by atomic mass is 9.95. The quantitative estimate of drug-likeness (QED) is 0.145. The maximum atomic E-state index is 13.4. The van der Waals surface area contributed by atoms with Crippen molar-refractivity contribution >= 4 is 49.7 Å². The number of aliphatic hydroxyl groups excluding tert-OH is 1. The van der Waals surface area contributed by atoms with Crippen molar-refractivity contribution in [2.45, 2.75) is 56.3 Å². The SMILES string of the molecule is CCC1[C@H]2COP(=O)(O)OC3[C@@H](COP(=O)(O)O[C@@H]1[C@H](n1cnc4c(=O)[nH]c(N)nc41)O2)O[C@@H](n1cnc2c(N)ncnc21)[C@H]3O. The molecule has 248 valence electrons. The van der Waals surface area contributed by atoms with Gasteiger partial charge in [-0.1, -0.05) is 6.92 Å². The summed E-state index contributed by atoms with van der Waals surface area (Å²) in [7, 11) is -9.93. The summed E-state index contributed by atoms with van der Waals surface area (Å²) in [6.07, 6.45) is -5.60. The van der Waals surface area contributed by atoms with Gasteiger partial charge in [0.2, 0.25) is 5.95 Å². The molecule has 0 aromatic carbocycles.